The normalized spacial score (nSPS) is 11.9. The topological polar surface area (TPSA) is 42.0 Å². The molecule has 0 saturated heterocycles. The molecule has 6 heteroatoms. The molecule has 1 atom stereocenters. The summed E-state index contributed by atoms with van der Waals surface area (Å²) in [6, 6.07) is 17.4. The van der Waals surface area contributed by atoms with E-state index < -0.39 is 0 Å². The summed E-state index contributed by atoms with van der Waals surface area (Å²) in [5, 5.41) is 5.81. The first-order valence-electron chi connectivity index (χ1n) is 7.36. The van der Waals surface area contributed by atoms with Crippen LogP contribution in [0.15, 0.2) is 64.9 Å². The van der Waals surface area contributed by atoms with Crippen molar-refractivity contribution in [1.29, 1.82) is 0 Å². The summed E-state index contributed by atoms with van der Waals surface area (Å²) in [4.78, 5) is 17.7. The highest BCUT2D eigenvalue weighted by atomic mass is 35.5. The van der Waals surface area contributed by atoms with Crippen LogP contribution in [0.2, 0.25) is 5.02 Å². The number of halogens is 1. The molecule has 24 heavy (non-hydrogen) atoms. The quantitative estimate of drug-likeness (QED) is 0.592. The van der Waals surface area contributed by atoms with E-state index in [0.29, 0.717) is 10.2 Å². The maximum atomic E-state index is 12.4. The molecule has 1 unspecified atom stereocenters. The number of thiazole rings is 1. The first kappa shape index (κ1) is 17.0. The summed E-state index contributed by atoms with van der Waals surface area (Å²) in [5.74, 6) is -0.0890. The molecule has 3 rings (SSSR count). The molecule has 3 nitrogen and oxygen atoms in total. The maximum absolute atomic E-state index is 12.4. The fourth-order valence-electron chi connectivity index (χ4n) is 2.06. The third kappa shape index (κ3) is 4.17. The number of nitrogens with zero attached hydrogens (tertiary/aromatic N) is 1. The number of aromatic nitrogens is 1. The monoisotopic (exact) mass is 374 g/mol. The standard InChI is InChI=1S/C18H15ClN2OS2/c1-12(24-16-10-6-5-9-14(16)19)17(22)21-18-20-15(11-23-18)13-7-3-2-4-8-13/h2-12H,1H3,(H,20,21,22). The number of amides is 1. The Morgan fingerprint density at radius 1 is 1.17 bits per heavy atom. The highest BCUT2D eigenvalue weighted by molar-refractivity contribution is 8.00. The largest absolute Gasteiger partial charge is 0.301 e. The second-order valence-corrected chi connectivity index (χ2v) is 7.73. The van der Waals surface area contributed by atoms with Crippen molar-refractivity contribution in [2.45, 2.75) is 17.1 Å². The van der Waals surface area contributed by atoms with Crippen LogP contribution in [0, 0.1) is 0 Å². The molecule has 1 aromatic heterocycles. The third-order valence-electron chi connectivity index (χ3n) is 3.31. The molecule has 0 aliphatic heterocycles. The first-order valence-corrected chi connectivity index (χ1v) is 9.50. The Morgan fingerprint density at radius 2 is 1.88 bits per heavy atom. The van der Waals surface area contributed by atoms with Crippen molar-refractivity contribution in [2.24, 2.45) is 0 Å². The molecule has 0 spiro atoms. The van der Waals surface area contributed by atoms with Crippen molar-refractivity contribution in [1.82, 2.24) is 4.98 Å². The minimum atomic E-state index is -0.269. The molecular weight excluding hydrogens is 360 g/mol. The molecule has 0 radical (unpaired) electrons. The predicted octanol–water partition coefficient (Wildman–Crippen LogP) is 5.58. The van der Waals surface area contributed by atoms with Crippen LogP contribution in [0.4, 0.5) is 5.13 Å². The van der Waals surface area contributed by atoms with Gasteiger partial charge >= 0.3 is 0 Å². The Morgan fingerprint density at radius 3 is 2.62 bits per heavy atom. The van der Waals surface area contributed by atoms with Crippen molar-refractivity contribution in [3.8, 4) is 11.3 Å². The molecule has 1 N–H and O–H groups in total. The van der Waals surface area contributed by atoms with Crippen LogP contribution in [-0.2, 0) is 4.79 Å². The van der Waals surface area contributed by atoms with E-state index in [1.54, 1.807) is 0 Å². The van der Waals surface area contributed by atoms with E-state index in [9.17, 15) is 4.79 Å². The highest BCUT2D eigenvalue weighted by Gasteiger charge is 2.17. The fraction of sp³-hybridized carbons (Fsp3) is 0.111. The number of carbonyl (C=O) groups is 1. The van der Waals surface area contributed by atoms with Gasteiger partial charge in [0.15, 0.2) is 5.13 Å². The van der Waals surface area contributed by atoms with Gasteiger partial charge in [0.2, 0.25) is 5.91 Å². The van der Waals surface area contributed by atoms with Gasteiger partial charge in [-0.05, 0) is 19.1 Å². The van der Waals surface area contributed by atoms with Crippen LogP contribution >= 0.6 is 34.7 Å². The first-order chi connectivity index (χ1) is 11.6. The van der Waals surface area contributed by atoms with Crippen LogP contribution in [0.3, 0.4) is 0 Å². The summed E-state index contributed by atoms with van der Waals surface area (Å²) in [5.41, 5.74) is 1.90. The van der Waals surface area contributed by atoms with E-state index >= 15 is 0 Å². The summed E-state index contributed by atoms with van der Waals surface area (Å²) in [6.45, 7) is 1.86. The average molecular weight is 375 g/mol. The Kier molecular flexibility index (Phi) is 5.56. The second-order valence-electron chi connectivity index (χ2n) is 5.08. The summed E-state index contributed by atoms with van der Waals surface area (Å²) < 4.78 is 0. The van der Waals surface area contributed by atoms with Gasteiger partial charge in [0.05, 0.1) is 16.0 Å². The molecule has 3 aromatic rings. The second kappa shape index (κ2) is 7.83. The van der Waals surface area contributed by atoms with Gasteiger partial charge in [-0.25, -0.2) is 4.98 Å². The van der Waals surface area contributed by atoms with Crippen LogP contribution in [0.25, 0.3) is 11.3 Å². The number of nitrogens with one attached hydrogen (secondary N) is 1. The van der Waals surface area contributed by atoms with Gasteiger partial charge in [0.1, 0.15) is 0 Å². The minimum Gasteiger partial charge on any atom is -0.301 e. The molecule has 0 saturated carbocycles. The van der Waals surface area contributed by atoms with E-state index in [0.717, 1.165) is 16.2 Å². The zero-order chi connectivity index (χ0) is 16.9. The molecule has 122 valence electrons. The molecule has 2 aromatic carbocycles. The lowest BCUT2D eigenvalue weighted by atomic mass is 10.2. The van der Waals surface area contributed by atoms with Gasteiger partial charge in [-0.2, -0.15) is 0 Å². The number of anilines is 1. The van der Waals surface area contributed by atoms with Crippen molar-refractivity contribution >= 4 is 45.7 Å². The molecule has 0 fully saturated rings. The van der Waals surface area contributed by atoms with Crippen LogP contribution < -0.4 is 5.32 Å². The van der Waals surface area contributed by atoms with E-state index in [-0.39, 0.29) is 11.2 Å². The smallest absolute Gasteiger partial charge is 0.239 e. The van der Waals surface area contributed by atoms with Crippen LogP contribution in [0.5, 0.6) is 0 Å². The molecular formula is C18H15ClN2OS2. The summed E-state index contributed by atoms with van der Waals surface area (Å²) in [6.07, 6.45) is 0. The Bertz CT molecular complexity index is 836. The van der Waals surface area contributed by atoms with Crippen molar-refractivity contribution < 1.29 is 4.79 Å². The highest BCUT2D eigenvalue weighted by Crippen LogP contribution is 2.31. The van der Waals surface area contributed by atoms with Crippen LogP contribution in [0.1, 0.15) is 6.92 Å². The number of thioether (sulfide) groups is 1. The zero-order valence-corrected chi connectivity index (χ0v) is 15.3. The number of carbonyl (C=O) groups excluding carboxylic acids is 1. The SMILES string of the molecule is CC(Sc1ccccc1Cl)C(=O)Nc1nc(-c2ccccc2)cs1. The maximum Gasteiger partial charge on any atom is 0.239 e. The molecule has 0 aliphatic carbocycles. The van der Waals surface area contributed by atoms with Gasteiger partial charge in [0.25, 0.3) is 0 Å². The fourth-order valence-corrected chi connectivity index (χ4v) is 3.94. The van der Waals surface area contributed by atoms with E-state index in [4.69, 9.17) is 11.6 Å². The van der Waals surface area contributed by atoms with E-state index in [2.05, 4.69) is 10.3 Å². The molecule has 0 bridgehead atoms. The summed E-state index contributed by atoms with van der Waals surface area (Å²) in [7, 11) is 0. The Hall–Kier alpha value is -1.82. The van der Waals surface area contributed by atoms with Gasteiger partial charge in [-0.1, -0.05) is 54.1 Å². The number of benzene rings is 2. The van der Waals surface area contributed by atoms with Crippen molar-refractivity contribution in [3.05, 3.63) is 65.0 Å². The van der Waals surface area contributed by atoms with Crippen LogP contribution in [-0.4, -0.2) is 16.1 Å². The lowest BCUT2D eigenvalue weighted by Gasteiger charge is -2.11. The van der Waals surface area contributed by atoms with Gasteiger partial charge in [-0.3, -0.25) is 4.79 Å². The number of hydrogen-bond acceptors (Lipinski definition) is 4. The average Bonchev–Trinajstić information content (AvgIpc) is 3.06. The molecule has 1 amide bonds. The Labute approximate surface area is 154 Å². The lowest BCUT2D eigenvalue weighted by Crippen LogP contribution is -2.22. The zero-order valence-electron chi connectivity index (χ0n) is 12.9. The molecule has 0 aliphatic rings. The predicted molar refractivity (Wildman–Crippen MR) is 103 cm³/mol. The van der Waals surface area contributed by atoms with E-state index in [1.165, 1.54) is 23.1 Å². The number of hydrogen-bond donors (Lipinski definition) is 1. The van der Waals surface area contributed by atoms with Gasteiger partial charge in [-0.15, -0.1) is 23.1 Å². The number of rotatable bonds is 5. The third-order valence-corrected chi connectivity index (χ3v) is 5.69. The summed E-state index contributed by atoms with van der Waals surface area (Å²) >= 11 is 9.00. The van der Waals surface area contributed by atoms with E-state index in [1.807, 2.05) is 66.9 Å². The van der Waals surface area contributed by atoms with Crippen molar-refractivity contribution in [3.63, 3.8) is 0 Å². The molecule has 1 heterocycles. The minimum absolute atomic E-state index is 0.0890. The van der Waals surface area contributed by atoms with Gasteiger partial charge < -0.3 is 5.32 Å². The lowest BCUT2D eigenvalue weighted by molar-refractivity contribution is -0.115. The van der Waals surface area contributed by atoms with Crippen molar-refractivity contribution in [2.75, 3.05) is 5.32 Å². The van der Waals surface area contributed by atoms with Gasteiger partial charge in [0, 0.05) is 15.8 Å². The Balaban J connectivity index is 1.65.